The van der Waals surface area contributed by atoms with Crippen LogP contribution in [0.5, 0.6) is 5.88 Å². The minimum absolute atomic E-state index is 0.0250. The molecule has 0 radical (unpaired) electrons. The van der Waals surface area contributed by atoms with Crippen molar-refractivity contribution < 1.29 is 27.3 Å². The van der Waals surface area contributed by atoms with Gasteiger partial charge >= 0.3 is 5.88 Å². The Balaban J connectivity index is 1.73. The number of fused-ring (bicyclic) bond motifs is 1. The first-order valence-corrected chi connectivity index (χ1v) is 12.6. The Morgan fingerprint density at radius 3 is 2.14 bits per heavy atom. The van der Waals surface area contributed by atoms with E-state index >= 15 is 0 Å². The van der Waals surface area contributed by atoms with Crippen LogP contribution < -0.4 is 18.9 Å². The Kier molecular flexibility index (Phi) is 6.11. The summed E-state index contributed by atoms with van der Waals surface area (Å²) in [5, 5.41) is 0.0521. The summed E-state index contributed by atoms with van der Waals surface area (Å²) in [6.45, 7) is 6.09. The molecule has 0 aliphatic carbocycles. The minimum atomic E-state index is -4.04. The van der Waals surface area contributed by atoms with Gasteiger partial charge in [-0.25, -0.2) is 13.3 Å². The van der Waals surface area contributed by atoms with E-state index in [-0.39, 0.29) is 32.1 Å². The summed E-state index contributed by atoms with van der Waals surface area (Å²) in [6, 6.07) is 12.5. The van der Waals surface area contributed by atoms with Crippen molar-refractivity contribution in [2.75, 3.05) is 16.7 Å². The highest BCUT2D eigenvalue weighted by Gasteiger charge is 2.42. The first-order chi connectivity index (χ1) is 16.3. The highest BCUT2D eigenvalue weighted by molar-refractivity contribution is 7.92. The number of pyridine rings is 1. The van der Waals surface area contributed by atoms with Gasteiger partial charge in [0.15, 0.2) is 6.20 Å². The number of anilines is 2. The average Bonchev–Trinajstić information content (AvgIpc) is 3.06. The molecule has 1 aliphatic heterocycles. The first kappa shape index (κ1) is 24.7. The maximum Gasteiger partial charge on any atom is 0.367 e. The number of hydrogen-bond donors (Lipinski definition) is 1. The van der Waals surface area contributed by atoms with Crippen LogP contribution in [0.2, 0.25) is 5.02 Å². The van der Waals surface area contributed by atoms with Crippen molar-refractivity contribution in [1.29, 1.82) is 0 Å². The molecule has 0 bridgehead atoms. The van der Waals surface area contributed by atoms with Gasteiger partial charge in [0, 0.05) is 0 Å². The molecule has 182 valence electrons. The predicted molar refractivity (Wildman–Crippen MR) is 133 cm³/mol. The van der Waals surface area contributed by atoms with E-state index in [1.807, 2.05) is 20.8 Å². The van der Waals surface area contributed by atoms with E-state index in [0.29, 0.717) is 11.6 Å². The second kappa shape index (κ2) is 8.66. The number of hydrogen-bond acceptors (Lipinski definition) is 5. The van der Waals surface area contributed by atoms with Crippen LogP contribution in [0.25, 0.3) is 0 Å². The third-order valence-electron chi connectivity index (χ3n) is 5.80. The molecule has 0 unspecified atom stereocenters. The Bertz CT molecular complexity index is 1460. The van der Waals surface area contributed by atoms with Gasteiger partial charge in [0.2, 0.25) is 0 Å². The van der Waals surface area contributed by atoms with Gasteiger partial charge in [-0.2, -0.15) is 4.57 Å². The lowest BCUT2D eigenvalue weighted by atomic mass is 9.87. The summed E-state index contributed by atoms with van der Waals surface area (Å²) in [5.41, 5.74) is 0.952. The summed E-state index contributed by atoms with van der Waals surface area (Å²) in [7, 11) is -0.832. The molecule has 0 saturated heterocycles. The van der Waals surface area contributed by atoms with Crippen molar-refractivity contribution in [2.24, 2.45) is 7.05 Å². The first-order valence-electron chi connectivity index (χ1n) is 10.7. The van der Waals surface area contributed by atoms with Crippen LogP contribution in [0.4, 0.5) is 11.4 Å². The van der Waals surface area contributed by atoms with Gasteiger partial charge in [0.1, 0.15) is 12.7 Å². The predicted octanol–water partition coefficient (Wildman–Crippen LogP) is 4.07. The molecule has 2 aromatic carbocycles. The summed E-state index contributed by atoms with van der Waals surface area (Å²) in [6.07, 6.45) is 1.56. The number of carbonyl (C=O) groups excluding carboxylic acids is 2. The van der Waals surface area contributed by atoms with Crippen LogP contribution in [0.15, 0.2) is 59.6 Å². The van der Waals surface area contributed by atoms with Gasteiger partial charge in [-0.05, 0) is 41.3 Å². The number of sulfonamides is 1. The van der Waals surface area contributed by atoms with E-state index in [0.717, 1.165) is 10.5 Å². The summed E-state index contributed by atoms with van der Waals surface area (Å²) >= 11 is 6.28. The molecule has 10 heteroatoms. The highest BCUT2D eigenvalue weighted by atomic mass is 35.5. The van der Waals surface area contributed by atoms with E-state index in [1.54, 1.807) is 42.1 Å². The number of carbonyl (C=O) groups is 2. The second-order valence-electron chi connectivity index (χ2n) is 9.21. The van der Waals surface area contributed by atoms with E-state index < -0.39 is 21.8 Å². The van der Waals surface area contributed by atoms with E-state index in [4.69, 9.17) is 16.3 Å². The third kappa shape index (κ3) is 4.37. The molecule has 0 spiro atoms. The SMILES string of the molecule is COc1ccc(N2C(=O)c3c(Cl)ccc(NS(=O)(=O)c4ccc(C(C)(C)C)cc4)c3C2=O)c[n+]1C. The van der Waals surface area contributed by atoms with Crippen molar-refractivity contribution in [3.05, 3.63) is 76.4 Å². The normalized spacial score (nSPS) is 13.7. The third-order valence-corrected chi connectivity index (χ3v) is 7.50. The molecule has 1 N–H and O–H groups in total. The number of rotatable bonds is 5. The monoisotopic (exact) mass is 514 g/mol. The van der Waals surface area contributed by atoms with Crippen molar-refractivity contribution in [2.45, 2.75) is 31.1 Å². The van der Waals surface area contributed by atoms with Crippen LogP contribution in [0, 0.1) is 0 Å². The fourth-order valence-electron chi connectivity index (χ4n) is 3.91. The number of imide groups is 1. The Morgan fingerprint density at radius 1 is 0.943 bits per heavy atom. The lowest BCUT2D eigenvalue weighted by Crippen LogP contribution is -2.35. The van der Waals surface area contributed by atoms with Crippen molar-refractivity contribution >= 4 is 44.8 Å². The molecule has 0 saturated carbocycles. The van der Waals surface area contributed by atoms with E-state index in [1.165, 1.54) is 31.4 Å². The number of benzene rings is 2. The smallest absolute Gasteiger partial charge is 0.367 e. The van der Waals surface area contributed by atoms with Crippen LogP contribution in [0.1, 0.15) is 47.1 Å². The van der Waals surface area contributed by atoms with Crippen LogP contribution >= 0.6 is 11.6 Å². The van der Waals surface area contributed by atoms with Crippen molar-refractivity contribution in [1.82, 2.24) is 0 Å². The number of aromatic nitrogens is 1. The molecule has 3 aromatic rings. The number of amides is 2. The molecule has 35 heavy (non-hydrogen) atoms. The number of halogens is 1. The quantitative estimate of drug-likeness (QED) is 0.409. The molecule has 0 atom stereocenters. The summed E-state index contributed by atoms with van der Waals surface area (Å²) in [4.78, 5) is 27.6. The molecule has 2 amide bonds. The van der Waals surface area contributed by atoms with Crippen LogP contribution in [-0.2, 0) is 22.5 Å². The molecule has 8 nitrogen and oxygen atoms in total. The fourth-order valence-corrected chi connectivity index (χ4v) is 5.22. The van der Waals surface area contributed by atoms with E-state index in [9.17, 15) is 18.0 Å². The number of aryl methyl sites for hydroxylation is 1. The topological polar surface area (TPSA) is 96.7 Å². The minimum Gasteiger partial charge on any atom is -0.448 e. The van der Waals surface area contributed by atoms with Crippen molar-refractivity contribution in [3.63, 3.8) is 0 Å². The molecule has 1 aliphatic rings. The second-order valence-corrected chi connectivity index (χ2v) is 11.3. The molecule has 4 rings (SSSR count). The zero-order chi connectivity index (χ0) is 25.7. The Morgan fingerprint density at radius 2 is 1.57 bits per heavy atom. The summed E-state index contributed by atoms with van der Waals surface area (Å²) < 4.78 is 35.6. The van der Waals surface area contributed by atoms with Crippen LogP contribution in [0.3, 0.4) is 0 Å². The number of methoxy groups -OCH3 is 1. The maximum atomic E-state index is 13.4. The number of nitrogens with one attached hydrogen (secondary N) is 1. The zero-order valence-corrected chi connectivity index (χ0v) is 21.5. The molecule has 1 aromatic heterocycles. The highest BCUT2D eigenvalue weighted by Crippen LogP contribution is 2.37. The Labute approximate surface area is 209 Å². The standard InChI is InChI=1S/C25H24ClN3O5S/c1-25(2,3)15-6-9-17(10-7-15)35(32,33)27-19-12-11-18(26)21-22(19)24(31)29(23(21)30)16-8-13-20(34-5)28(4)14-16/h6-14H,1-5H3/p+1. The Hall–Kier alpha value is -3.43. The largest absolute Gasteiger partial charge is 0.448 e. The fraction of sp³-hybridized carbons (Fsp3) is 0.240. The van der Waals surface area contributed by atoms with Crippen molar-refractivity contribution in [3.8, 4) is 5.88 Å². The van der Waals surface area contributed by atoms with Gasteiger partial charge in [-0.1, -0.05) is 44.5 Å². The van der Waals surface area contributed by atoms with Gasteiger partial charge in [0.05, 0.1) is 39.9 Å². The maximum absolute atomic E-state index is 13.4. The molecule has 2 heterocycles. The van der Waals surface area contributed by atoms with Gasteiger partial charge in [-0.15, -0.1) is 0 Å². The van der Waals surface area contributed by atoms with Crippen LogP contribution in [-0.4, -0.2) is 27.3 Å². The van der Waals surface area contributed by atoms with Gasteiger partial charge in [0.25, 0.3) is 21.8 Å². The molecule has 0 fully saturated rings. The molecular formula is C25H25ClN3O5S+. The van der Waals surface area contributed by atoms with Gasteiger partial charge < -0.3 is 4.74 Å². The zero-order valence-electron chi connectivity index (χ0n) is 19.9. The number of ether oxygens (including phenoxy) is 1. The molecular weight excluding hydrogens is 490 g/mol. The lowest BCUT2D eigenvalue weighted by Gasteiger charge is -2.19. The average molecular weight is 515 g/mol. The number of nitrogens with zero attached hydrogens (tertiary/aromatic N) is 2. The summed E-state index contributed by atoms with van der Waals surface area (Å²) in [5.74, 6) is -0.802. The van der Waals surface area contributed by atoms with Gasteiger partial charge in [-0.3, -0.25) is 14.3 Å². The van der Waals surface area contributed by atoms with E-state index in [2.05, 4.69) is 4.72 Å². The lowest BCUT2D eigenvalue weighted by molar-refractivity contribution is -0.676.